The summed E-state index contributed by atoms with van der Waals surface area (Å²) in [5, 5.41) is 16.0. The summed E-state index contributed by atoms with van der Waals surface area (Å²) in [6, 6.07) is 3.67. The average molecular weight is 218 g/mol. The summed E-state index contributed by atoms with van der Waals surface area (Å²) in [6.45, 7) is 3.73. The lowest BCUT2D eigenvalue weighted by Gasteiger charge is -2.04. The first-order valence-corrected chi connectivity index (χ1v) is 4.68. The highest BCUT2D eigenvalue weighted by molar-refractivity contribution is 5.84. The molecule has 0 aliphatic carbocycles. The van der Waals surface area contributed by atoms with Gasteiger partial charge in [-0.05, 0) is 26.0 Å². The predicted octanol–water partition coefficient (Wildman–Crippen LogP) is 0.977. The number of aryl methyl sites for hydroxylation is 2. The van der Waals surface area contributed by atoms with E-state index in [9.17, 15) is 4.79 Å². The zero-order valence-corrected chi connectivity index (χ0v) is 8.88. The number of pyridine rings is 1. The Kier molecular flexibility index (Phi) is 2.40. The molecule has 16 heavy (non-hydrogen) atoms. The Hall–Kier alpha value is -2.24. The van der Waals surface area contributed by atoms with Gasteiger partial charge in [-0.15, -0.1) is 5.10 Å². The van der Waals surface area contributed by atoms with Crippen LogP contribution in [0.4, 0.5) is 0 Å². The molecule has 2 aromatic rings. The van der Waals surface area contributed by atoms with Gasteiger partial charge in [0.1, 0.15) is 0 Å². The first kappa shape index (κ1) is 10.3. The van der Waals surface area contributed by atoms with Gasteiger partial charge >= 0.3 is 5.97 Å². The average Bonchev–Trinajstić information content (AvgIpc) is 2.66. The minimum Gasteiger partial charge on any atom is -0.476 e. The first-order valence-electron chi connectivity index (χ1n) is 4.68. The molecule has 0 radical (unpaired) electrons. The molecule has 0 aliphatic heterocycles. The topological polar surface area (TPSA) is 80.9 Å². The number of aromatic nitrogens is 4. The molecule has 6 nitrogen and oxygen atoms in total. The largest absolute Gasteiger partial charge is 0.476 e. The second-order valence-electron chi connectivity index (χ2n) is 3.41. The lowest BCUT2D eigenvalue weighted by Crippen LogP contribution is -2.00. The molecule has 0 aromatic carbocycles. The lowest BCUT2D eigenvalue weighted by molar-refractivity contribution is 0.0690. The zero-order valence-electron chi connectivity index (χ0n) is 8.88. The fourth-order valence-electron chi connectivity index (χ4n) is 1.40. The van der Waals surface area contributed by atoms with Crippen LogP contribution < -0.4 is 0 Å². The van der Waals surface area contributed by atoms with E-state index < -0.39 is 5.97 Å². The Balaban J connectivity index is 2.46. The van der Waals surface area contributed by atoms with Crippen LogP contribution in [0.5, 0.6) is 0 Å². The Labute approximate surface area is 91.6 Å². The molecule has 0 fully saturated rings. The minimum atomic E-state index is -1.09. The molecule has 0 aliphatic rings. The van der Waals surface area contributed by atoms with E-state index in [-0.39, 0.29) is 5.69 Å². The molecular formula is C10H10N4O2. The number of rotatable bonds is 2. The summed E-state index contributed by atoms with van der Waals surface area (Å²) >= 11 is 0. The van der Waals surface area contributed by atoms with E-state index in [1.165, 1.54) is 10.9 Å². The van der Waals surface area contributed by atoms with E-state index >= 15 is 0 Å². The molecule has 0 saturated heterocycles. The van der Waals surface area contributed by atoms with Gasteiger partial charge in [0.25, 0.3) is 0 Å². The van der Waals surface area contributed by atoms with Crippen molar-refractivity contribution in [1.29, 1.82) is 0 Å². The standard InChI is InChI=1S/C10H10N4O2/c1-6-3-4-9(7(2)11-6)14-5-8(10(15)16)12-13-14/h3-5H,1-2H3,(H,15,16). The number of nitrogens with zero attached hydrogens (tertiary/aromatic N) is 4. The van der Waals surface area contributed by atoms with Gasteiger partial charge in [-0.2, -0.15) is 0 Å². The van der Waals surface area contributed by atoms with Crippen molar-refractivity contribution in [2.24, 2.45) is 0 Å². The zero-order chi connectivity index (χ0) is 11.7. The maximum Gasteiger partial charge on any atom is 0.358 e. The number of carbonyl (C=O) groups is 1. The maximum absolute atomic E-state index is 10.7. The third-order valence-electron chi connectivity index (χ3n) is 2.16. The Morgan fingerprint density at radius 3 is 2.69 bits per heavy atom. The van der Waals surface area contributed by atoms with Crippen LogP contribution >= 0.6 is 0 Å². The van der Waals surface area contributed by atoms with Crippen LogP contribution in [0.15, 0.2) is 18.3 Å². The normalized spacial score (nSPS) is 10.4. The maximum atomic E-state index is 10.7. The highest BCUT2D eigenvalue weighted by Crippen LogP contribution is 2.11. The van der Waals surface area contributed by atoms with Gasteiger partial charge in [0.15, 0.2) is 5.69 Å². The van der Waals surface area contributed by atoms with Crippen LogP contribution in [-0.2, 0) is 0 Å². The smallest absolute Gasteiger partial charge is 0.358 e. The van der Waals surface area contributed by atoms with Gasteiger partial charge in [-0.25, -0.2) is 9.48 Å². The predicted molar refractivity (Wildman–Crippen MR) is 55.6 cm³/mol. The van der Waals surface area contributed by atoms with Gasteiger partial charge in [0, 0.05) is 5.69 Å². The van der Waals surface area contributed by atoms with E-state index in [2.05, 4.69) is 15.3 Å². The molecule has 2 aromatic heterocycles. The first-order chi connectivity index (χ1) is 7.58. The summed E-state index contributed by atoms with van der Waals surface area (Å²) in [5.41, 5.74) is 2.33. The lowest BCUT2D eigenvalue weighted by atomic mass is 10.3. The van der Waals surface area contributed by atoms with E-state index in [1.807, 2.05) is 26.0 Å². The Morgan fingerprint density at radius 2 is 2.12 bits per heavy atom. The van der Waals surface area contributed by atoms with Gasteiger partial charge in [0.2, 0.25) is 0 Å². The van der Waals surface area contributed by atoms with Crippen molar-refractivity contribution in [3.8, 4) is 5.69 Å². The quantitative estimate of drug-likeness (QED) is 0.812. The second-order valence-corrected chi connectivity index (χ2v) is 3.41. The number of hydrogen-bond donors (Lipinski definition) is 1. The molecular weight excluding hydrogens is 208 g/mol. The fourth-order valence-corrected chi connectivity index (χ4v) is 1.40. The molecule has 82 valence electrons. The molecule has 6 heteroatoms. The molecule has 0 unspecified atom stereocenters. The molecule has 0 spiro atoms. The van der Waals surface area contributed by atoms with Crippen LogP contribution in [-0.4, -0.2) is 31.1 Å². The molecule has 0 amide bonds. The van der Waals surface area contributed by atoms with Crippen molar-refractivity contribution in [2.45, 2.75) is 13.8 Å². The van der Waals surface area contributed by atoms with E-state index in [0.717, 1.165) is 17.1 Å². The van der Waals surface area contributed by atoms with Crippen molar-refractivity contribution in [1.82, 2.24) is 20.0 Å². The molecule has 0 saturated carbocycles. The molecule has 0 bridgehead atoms. The van der Waals surface area contributed by atoms with Gasteiger partial charge in [-0.1, -0.05) is 5.21 Å². The summed E-state index contributed by atoms with van der Waals surface area (Å²) in [6.07, 6.45) is 1.36. The minimum absolute atomic E-state index is 0.0834. The SMILES string of the molecule is Cc1ccc(-n2cc(C(=O)O)nn2)c(C)n1. The summed E-state index contributed by atoms with van der Waals surface area (Å²) in [5.74, 6) is -1.09. The van der Waals surface area contributed by atoms with Crippen LogP contribution in [0.25, 0.3) is 5.69 Å². The van der Waals surface area contributed by atoms with E-state index in [4.69, 9.17) is 5.11 Å². The van der Waals surface area contributed by atoms with E-state index in [0.29, 0.717) is 0 Å². The second kappa shape index (κ2) is 3.73. The van der Waals surface area contributed by atoms with Crippen molar-refractivity contribution in [3.63, 3.8) is 0 Å². The monoisotopic (exact) mass is 218 g/mol. The highest BCUT2D eigenvalue weighted by Gasteiger charge is 2.10. The number of aromatic carboxylic acids is 1. The van der Waals surface area contributed by atoms with Crippen molar-refractivity contribution >= 4 is 5.97 Å². The molecule has 2 rings (SSSR count). The van der Waals surface area contributed by atoms with Gasteiger partial charge < -0.3 is 5.11 Å². The number of carboxylic acids is 1. The molecule has 2 heterocycles. The number of hydrogen-bond acceptors (Lipinski definition) is 4. The van der Waals surface area contributed by atoms with Crippen LogP contribution in [0.2, 0.25) is 0 Å². The van der Waals surface area contributed by atoms with Gasteiger partial charge in [-0.3, -0.25) is 4.98 Å². The third kappa shape index (κ3) is 1.77. The highest BCUT2D eigenvalue weighted by atomic mass is 16.4. The summed E-state index contributed by atoms with van der Waals surface area (Å²) in [4.78, 5) is 14.9. The van der Waals surface area contributed by atoms with Crippen molar-refractivity contribution in [3.05, 3.63) is 35.4 Å². The third-order valence-corrected chi connectivity index (χ3v) is 2.16. The Morgan fingerprint density at radius 1 is 1.38 bits per heavy atom. The number of carboxylic acid groups (broad SMARTS) is 1. The van der Waals surface area contributed by atoms with Crippen LogP contribution in [0.1, 0.15) is 21.9 Å². The summed E-state index contributed by atoms with van der Waals surface area (Å²) < 4.78 is 1.41. The van der Waals surface area contributed by atoms with Crippen LogP contribution in [0, 0.1) is 13.8 Å². The van der Waals surface area contributed by atoms with Crippen molar-refractivity contribution < 1.29 is 9.90 Å². The summed E-state index contributed by atoms with van der Waals surface area (Å²) in [7, 11) is 0. The van der Waals surface area contributed by atoms with Gasteiger partial charge in [0.05, 0.1) is 17.6 Å². The molecule has 0 atom stereocenters. The van der Waals surface area contributed by atoms with Crippen molar-refractivity contribution in [2.75, 3.05) is 0 Å². The Bertz CT molecular complexity index is 548. The van der Waals surface area contributed by atoms with E-state index in [1.54, 1.807) is 0 Å². The van der Waals surface area contributed by atoms with Crippen LogP contribution in [0.3, 0.4) is 0 Å². The fraction of sp³-hybridized carbons (Fsp3) is 0.200. The molecule has 1 N–H and O–H groups in total.